The number of rotatable bonds is 5. The van der Waals surface area contributed by atoms with E-state index < -0.39 is 5.60 Å². The molecule has 0 saturated carbocycles. The van der Waals surface area contributed by atoms with Crippen molar-refractivity contribution in [3.8, 4) is 5.69 Å². The van der Waals surface area contributed by atoms with Crippen LogP contribution in [0.2, 0.25) is 0 Å². The Kier molecular flexibility index (Phi) is 3.80. The van der Waals surface area contributed by atoms with Crippen LogP contribution >= 0.6 is 0 Å². The predicted octanol–water partition coefficient (Wildman–Crippen LogP) is 0.980. The molecule has 0 unspecified atom stereocenters. The summed E-state index contributed by atoms with van der Waals surface area (Å²) in [5.41, 5.74) is -0.594. The lowest BCUT2D eigenvalue weighted by Gasteiger charge is -2.23. The Morgan fingerprint density at radius 2 is 1.79 bits per heavy atom. The molecule has 0 aliphatic rings. The molecule has 0 saturated heterocycles. The van der Waals surface area contributed by atoms with Gasteiger partial charge in [0.15, 0.2) is 0 Å². The number of nitrogens with zero attached hydrogens (tertiary/aromatic N) is 4. The number of tetrazole rings is 1. The van der Waals surface area contributed by atoms with Gasteiger partial charge in [0.05, 0.1) is 17.8 Å². The number of hydrogen-bond acceptors (Lipinski definition) is 4. The van der Waals surface area contributed by atoms with Crippen LogP contribution < -0.4 is 5.69 Å². The number of hydrogen-bond donors (Lipinski definition) is 1. The van der Waals surface area contributed by atoms with Gasteiger partial charge in [-0.15, -0.1) is 0 Å². The molecule has 102 valence electrons. The van der Waals surface area contributed by atoms with Crippen molar-refractivity contribution >= 4 is 0 Å². The second kappa shape index (κ2) is 5.36. The normalized spacial score (nSPS) is 11.7. The summed E-state index contributed by atoms with van der Waals surface area (Å²) < 4.78 is 2.44. The van der Waals surface area contributed by atoms with Gasteiger partial charge in [0.1, 0.15) is 0 Å². The first-order valence-corrected chi connectivity index (χ1v) is 6.40. The molecule has 0 atom stereocenters. The van der Waals surface area contributed by atoms with Gasteiger partial charge in [0, 0.05) is 0 Å². The Hall–Kier alpha value is -1.95. The number of benzene rings is 1. The minimum Gasteiger partial charge on any atom is -0.388 e. The van der Waals surface area contributed by atoms with Crippen molar-refractivity contribution in [3.05, 3.63) is 40.8 Å². The Morgan fingerprint density at radius 1 is 1.16 bits per heavy atom. The van der Waals surface area contributed by atoms with E-state index in [0.717, 1.165) is 0 Å². The smallest absolute Gasteiger partial charge is 0.368 e. The fourth-order valence-electron chi connectivity index (χ4n) is 1.86. The monoisotopic (exact) mass is 262 g/mol. The first-order chi connectivity index (χ1) is 9.09. The summed E-state index contributed by atoms with van der Waals surface area (Å²) in [6, 6.07) is 9.09. The van der Waals surface area contributed by atoms with Crippen LogP contribution in [-0.4, -0.2) is 30.5 Å². The zero-order chi connectivity index (χ0) is 13.9. The number of para-hydroxylation sites is 1. The molecule has 1 aromatic heterocycles. The van der Waals surface area contributed by atoms with E-state index in [2.05, 4.69) is 10.4 Å². The first-order valence-electron chi connectivity index (χ1n) is 6.40. The average Bonchev–Trinajstić information content (AvgIpc) is 2.81. The Labute approximate surface area is 111 Å². The first kappa shape index (κ1) is 13.5. The van der Waals surface area contributed by atoms with Crippen molar-refractivity contribution in [2.45, 2.75) is 38.8 Å². The van der Waals surface area contributed by atoms with Crippen molar-refractivity contribution in [1.29, 1.82) is 0 Å². The molecule has 0 fully saturated rings. The van der Waals surface area contributed by atoms with Crippen LogP contribution in [0.3, 0.4) is 0 Å². The van der Waals surface area contributed by atoms with Crippen molar-refractivity contribution in [1.82, 2.24) is 19.8 Å². The fourth-order valence-corrected chi connectivity index (χ4v) is 1.86. The third-order valence-corrected chi connectivity index (χ3v) is 3.40. The molecule has 0 aliphatic carbocycles. The van der Waals surface area contributed by atoms with E-state index >= 15 is 0 Å². The van der Waals surface area contributed by atoms with Gasteiger partial charge in [-0.2, -0.15) is 9.36 Å². The Balaban J connectivity index is 2.32. The molecular formula is C13H18N4O2. The SMILES string of the molecule is CCC(O)(CC)Cn1nnn(-c2ccccc2)c1=O. The molecule has 0 radical (unpaired) electrons. The standard InChI is InChI=1S/C13H18N4O2/c1-3-13(19,4-2)10-16-12(18)17(15-14-16)11-8-6-5-7-9-11/h5-9,19H,3-4,10H2,1-2H3. The molecule has 6 heteroatoms. The summed E-state index contributed by atoms with van der Waals surface area (Å²) in [7, 11) is 0. The summed E-state index contributed by atoms with van der Waals surface area (Å²) in [5.74, 6) is 0. The Morgan fingerprint density at radius 3 is 2.37 bits per heavy atom. The van der Waals surface area contributed by atoms with Gasteiger partial charge < -0.3 is 5.11 Å². The summed E-state index contributed by atoms with van der Waals surface area (Å²) >= 11 is 0. The van der Waals surface area contributed by atoms with Gasteiger partial charge in [-0.25, -0.2) is 4.79 Å². The summed E-state index contributed by atoms with van der Waals surface area (Å²) in [6.45, 7) is 3.93. The van der Waals surface area contributed by atoms with Crippen molar-refractivity contribution in [2.24, 2.45) is 0 Å². The molecule has 1 N–H and O–H groups in total. The molecule has 6 nitrogen and oxygen atoms in total. The van der Waals surface area contributed by atoms with E-state index in [9.17, 15) is 9.90 Å². The molecule has 1 heterocycles. The highest BCUT2D eigenvalue weighted by Crippen LogP contribution is 2.15. The lowest BCUT2D eigenvalue weighted by molar-refractivity contribution is 0.0104. The van der Waals surface area contributed by atoms with E-state index in [0.29, 0.717) is 18.5 Å². The zero-order valence-electron chi connectivity index (χ0n) is 11.2. The van der Waals surface area contributed by atoms with Gasteiger partial charge in [-0.05, 0) is 35.4 Å². The third-order valence-electron chi connectivity index (χ3n) is 3.40. The quantitative estimate of drug-likeness (QED) is 0.871. The molecule has 2 rings (SSSR count). The van der Waals surface area contributed by atoms with Gasteiger partial charge in [0.2, 0.25) is 0 Å². The van der Waals surface area contributed by atoms with Crippen molar-refractivity contribution < 1.29 is 5.11 Å². The van der Waals surface area contributed by atoms with Crippen LogP contribution in [0.25, 0.3) is 5.69 Å². The molecule has 19 heavy (non-hydrogen) atoms. The van der Waals surface area contributed by atoms with Gasteiger partial charge >= 0.3 is 5.69 Å². The molecule has 2 aromatic rings. The fraction of sp³-hybridized carbons (Fsp3) is 0.462. The molecule has 0 aliphatic heterocycles. The van der Waals surface area contributed by atoms with Crippen LogP contribution in [0.1, 0.15) is 26.7 Å². The second-order valence-electron chi connectivity index (χ2n) is 4.60. The van der Waals surface area contributed by atoms with E-state index in [1.54, 1.807) is 12.1 Å². The maximum Gasteiger partial charge on any atom is 0.368 e. The van der Waals surface area contributed by atoms with Crippen LogP contribution in [0.4, 0.5) is 0 Å². The lowest BCUT2D eigenvalue weighted by atomic mass is 9.98. The third kappa shape index (κ3) is 2.73. The summed E-state index contributed by atoms with van der Waals surface area (Å²) in [6.07, 6.45) is 1.13. The van der Waals surface area contributed by atoms with Gasteiger partial charge in [0.25, 0.3) is 0 Å². The molecular weight excluding hydrogens is 244 g/mol. The van der Waals surface area contributed by atoms with E-state index in [-0.39, 0.29) is 12.2 Å². The maximum absolute atomic E-state index is 12.2. The largest absolute Gasteiger partial charge is 0.388 e. The van der Waals surface area contributed by atoms with E-state index in [4.69, 9.17) is 0 Å². The van der Waals surface area contributed by atoms with E-state index in [1.807, 2.05) is 32.0 Å². The minimum atomic E-state index is -0.915. The van der Waals surface area contributed by atoms with Crippen molar-refractivity contribution in [2.75, 3.05) is 0 Å². The van der Waals surface area contributed by atoms with Gasteiger partial charge in [-0.1, -0.05) is 32.0 Å². The minimum absolute atomic E-state index is 0.158. The summed E-state index contributed by atoms with van der Waals surface area (Å²) in [5, 5.41) is 17.9. The van der Waals surface area contributed by atoms with Crippen molar-refractivity contribution in [3.63, 3.8) is 0 Å². The molecule has 0 bridgehead atoms. The number of aliphatic hydroxyl groups is 1. The average molecular weight is 262 g/mol. The molecule has 0 spiro atoms. The number of aromatic nitrogens is 4. The van der Waals surface area contributed by atoms with E-state index in [1.165, 1.54) is 9.36 Å². The highest BCUT2D eigenvalue weighted by molar-refractivity contribution is 5.28. The van der Waals surface area contributed by atoms with Crippen LogP contribution in [-0.2, 0) is 6.54 Å². The Bertz CT molecular complexity index is 584. The van der Waals surface area contributed by atoms with Crippen LogP contribution in [0, 0.1) is 0 Å². The second-order valence-corrected chi connectivity index (χ2v) is 4.60. The van der Waals surface area contributed by atoms with Crippen LogP contribution in [0.15, 0.2) is 35.1 Å². The maximum atomic E-state index is 12.2. The molecule has 0 amide bonds. The predicted molar refractivity (Wildman–Crippen MR) is 71.2 cm³/mol. The molecule has 1 aromatic carbocycles. The topological polar surface area (TPSA) is 72.9 Å². The zero-order valence-corrected chi connectivity index (χ0v) is 11.2. The summed E-state index contributed by atoms with van der Waals surface area (Å²) in [4.78, 5) is 12.2. The highest BCUT2D eigenvalue weighted by Gasteiger charge is 2.25. The lowest BCUT2D eigenvalue weighted by Crippen LogP contribution is -2.37. The highest BCUT2D eigenvalue weighted by atomic mass is 16.3. The van der Waals surface area contributed by atoms with Gasteiger partial charge in [-0.3, -0.25) is 0 Å². The van der Waals surface area contributed by atoms with Crippen LogP contribution in [0.5, 0.6) is 0 Å².